The van der Waals surface area contributed by atoms with E-state index in [1.807, 2.05) is 27.7 Å². The maximum Gasteiger partial charge on any atom is 0.312 e. The minimum absolute atomic E-state index is 0.203. The fraction of sp³-hybridized carbons (Fsp3) is 0.870. The van der Waals surface area contributed by atoms with Crippen LogP contribution in [0.1, 0.15) is 106 Å². The normalized spacial score (nSPS) is 17.5. The predicted octanol–water partition coefficient (Wildman–Crippen LogP) is 5.39. The van der Waals surface area contributed by atoms with E-state index in [1.165, 1.54) is 0 Å². The maximum absolute atomic E-state index is 12.7. The lowest BCUT2D eigenvalue weighted by Crippen LogP contribution is -2.37. The zero-order valence-electron chi connectivity index (χ0n) is 18.8. The molecular formula is C23H40O5. The van der Waals surface area contributed by atoms with E-state index in [2.05, 4.69) is 6.92 Å². The van der Waals surface area contributed by atoms with Crippen molar-refractivity contribution < 1.29 is 23.9 Å². The molecule has 0 aliphatic heterocycles. The highest BCUT2D eigenvalue weighted by Gasteiger charge is 2.57. The summed E-state index contributed by atoms with van der Waals surface area (Å²) in [7, 11) is 0. The molecule has 1 aliphatic carbocycles. The van der Waals surface area contributed by atoms with Crippen LogP contribution in [0, 0.1) is 10.8 Å². The Morgan fingerprint density at radius 2 is 1.54 bits per heavy atom. The number of hydrogen-bond donors (Lipinski definition) is 0. The van der Waals surface area contributed by atoms with Crippen molar-refractivity contribution in [1.82, 2.24) is 0 Å². The van der Waals surface area contributed by atoms with Crippen LogP contribution >= 0.6 is 0 Å². The summed E-state index contributed by atoms with van der Waals surface area (Å²) >= 11 is 0. The van der Waals surface area contributed by atoms with E-state index >= 15 is 0 Å². The van der Waals surface area contributed by atoms with Gasteiger partial charge in [-0.1, -0.05) is 19.8 Å². The van der Waals surface area contributed by atoms with Crippen LogP contribution in [0.5, 0.6) is 0 Å². The third-order valence-corrected chi connectivity index (χ3v) is 5.43. The predicted molar refractivity (Wildman–Crippen MR) is 110 cm³/mol. The number of carbonyl (C=O) groups is 3. The van der Waals surface area contributed by atoms with E-state index in [-0.39, 0.29) is 11.9 Å². The van der Waals surface area contributed by atoms with Gasteiger partial charge in [-0.25, -0.2) is 0 Å². The van der Waals surface area contributed by atoms with E-state index in [1.54, 1.807) is 6.92 Å². The first-order chi connectivity index (χ1) is 13.0. The number of rotatable bonds is 13. The molecule has 0 saturated heterocycles. The Balaban J connectivity index is 2.70. The molecule has 0 amide bonds. The SMILES string of the molecule is CCCCC(=O)CCCCC(C)(CC1(C(=O)OC(C)(C)C)CC1)C(=O)OCC. The van der Waals surface area contributed by atoms with Crippen molar-refractivity contribution in [1.29, 1.82) is 0 Å². The summed E-state index contributed by atoms with van der Waals surface area (Å²) in [4.78, 5) is 37.3. The molecule has 0 aromatic heterocycles. The van der Waals surface area contributed by atoms with E-state index in [9.17, 15) is 14.4 Å². The zero-order valence-corrected chi connectivity index (χ0v) is 18.8. The van der Waals surface area contributed by atoms with Crippen molar-refractivity contribution in [2.24, 2.45) is 10.8 Å². The molecule has 1 saturated carbocycles. The molecule has 0 heterocycles. The lowest BCUT2D eigenvalue weighted by molar-refractivity contribution is -0.166. The minimum atomic E-state index is -0.726. The summed E-state index contributed by atoms with van der Waals surface area (Å²) in [5.41, 5.74) is -1.83. The third-order valence-electron chi connectivity index (χ3n) is 5.43. The smallest absolute Gasteiger partial charge is 0.312 e. The molecule has 0 spiro atoms. The van der Waals surface area contributed by atoms with Gasteiger partial charge in [0.05, 0.1) is 17.4 Å². The van der Waals surface area contributed by atoms with E-state index in [0.29, 0.717) is 38.1 Å². The minimum Gasteiger partial charge on any atom is -0.466 e. The largest absolute Gasteiger partial charge is 0.466 e. The lowest BCUT2D eigenvalue weighted by Gasteiger charge is -2.32. The van der Waals surface area contributed by atoms with Crippen LogP contribution in [0.2, 0.25) is 0 Å². The van der Waals surface area contributed by atoms with Crippen LogP contribution in [0.4, 0.5) is 0 Å². The van der Waals surface area contributed by atoms with Gasteiger partial charge in [0.1, 0.15) is 11.4 Å². The second kappa shape index (κ2) is 10.4. The molecule has 0 bridgehead atoms. The van der Waals surface area contributed by atoms with Crippen molar-refractivity contribution in [2.45, 2.75) is 111 Å². The van der Waals surface area contributed by atoms with Crippen molar-refractivity contribution in [3.63, 3.8) is 0 Å². The summed E-state index contributed by atoms with van der Waals surface area (Å²) in [6.45, 7) is 11.7. The van der Waals surface area contributed by atoms with E-state index < -0.39 is 16.4 Å². The Labute approximate surface area is 170 Å². The molecule has 1 unspecified atom stereocenters. The van der Waals surface area contributed by atoms with Crippen LogP contribution in [0.25, 0.3) is 0 Å². The van der Waals surface area contributed by atoms with Crippen molar-refractivity contribution in [2.75, 3.05) is 6.61 Å². The van der Waals surface area contributed by atoms with Gasteiger partial charge in [-0.2, -0.15) is 0 Å². The summed E-state index contributed by atoms with van der Waals surface area (Å²) in [6, 6.07) is 0. The number of ketones is 1. The van der Waals surface area contributed by atoms with Crippen LogP contribution in [0.15, 0.2) is 0 Å². The monoisotopic (exact) mass is 396 g/mol. The van der Waals surface area contributed by atoms with Gasteiger partial charge in [-0.05, 0) is 73.1 Å². The topological polar surface area (TPSA) is 69.7 Å². The van der Waals surface area contributed by atoms with Gasteiger partial charge in [-0.3, -0.25) is 14.4 Å². The summed E-state index contributed by atoms with van der Waals surface area (Å²) < 4.78 is 10.9. The van der Waals surface area contributed by atoms with E-state index in [0.717, 1.165) is 38.5 Å². The van der Waals surface area contributed by atoms with Crippen molar-refractivity contribution in [3.8, 4) is 0 Å². The average Bonchev–Trinajstić information content (AvgIpc) is 3.36. The molecule has 5 heteroatoms. The molecule has 1 fully saturated rings. The van der Waals surface area contributed by atoms with Gasteiger partial charge in [0, 0.05) is 12.8 Å². The molecule has 162 valence electrons. The molecule has 28 heavy (non-hydrogen) atoms. The number of ether oxygens (including phenoxy) is 2. The van der Waals surface area contributed by atoms with Crippen LogP contribution in [0.3, 0.4) is 0 Å². The van der Waals surface area contributed by atoms with Gasteiger partial charge in [0.25, 0.3) is 0 Å². The Morgan fingerprint density at radius 3 is 2.04 bits per heavy atom. The highest BCUT2D eigenvalue weighted by Crippen LogP contribution is 2.56. The van der Waals surface area contributed by atoms with Crippen molar-refractivity contribution in [3.05, 3.63) is 0 Å². The van der Waals surface area contributed by atoms with Gasteiger partial charge in [0.2, 0.25) is 0 Å². The molecule has 0 aromatic rings. The Bertz CT molecular complexity index is 542. The Hall–Kier alpha value is -1.39. The highest BCUT2D eigenvalue weighted by atomic mass is 16.6. The second-order valence-electron chi connectivity index (χ2n) is 9.59. The van der Waals surface area contributed by atoms with Crippen LogP contribution in [-0.4, -0.2) is 29.9 Å². The fourth-order valence-electron chi connectivity index (χ4n) is 3.64. The molecule has 1 aliphatic rings. The van der Waals surface area contributed by atoms with Gasteiger partial charge in [-0.15, -0.1) is 0 Å². The molecule has 0 radical (unpaired) electrons. The quantitative estimate of drug-likeness (QED) is 0.308. The molecule has 5 nitrogen and oxygen atoms in total. The third kappa shape index (κ3) is 7.92. The summed E-state index contributed by atoms with van der Waals surface area (Å²) in [5.74, 6) is -0.153. The zero-order chi connectivity index (χ0) is 21.4. The number of unbranched alkanes of at least 4 members (excludes halogenated alkanes) is 2. The number of carbonyl (C=O) groups excluding carboxylic acids is 3. The highest BCUT2D eigenvalue weighted by molar-refractivity contribution is 5.83. The van der Waals surface area contributed by atoms with E-state index in [4.69, 9.17) is 9.47 Å². The Kier molecular flexibility index (Phi) is 9.16. The summed E-state index contributed by atoms with van der Waals surface area (Å²) in [6.07, 6.45) is 7.32. The molecule has 0 aromatic carbocycles. The molecule has 0 N–H and O–H groups in total. The fourth-order valence-corrected chi connectivity index (χ4v) is 3.64. The first-order valence-electron chi connectivity index (χ1n) is 10.9. The molecular weight excluding hydrogens is 356 g/mol. The number of Topliss-reactive ketones (excluding diaryl/α,β-unsaturated/α-hetero) is 1. The molecule has 1 atom stereocenters. The van der Waals surface area contributed by atoms with Crippen LogP contribution in [-0.2, 0) is 23.9 Å². The first kappa shape index (κ1) is 24.6. The van der Waals surface area contributed by atoms with Gasteiger partial charge in [0.15, 0.2) is 0 Å². The first-order valence-corrected chi connectivity index (χ1v) is 10.9. The Morgan fingerprint density at radius 1 is 0.929 bits per heavy atom. The molecule has 1 rings (SSSR count). The van der Waals surface area contributed by atoms with Crippen LogP contribution < -0.4 is 0 Å². The number of hydrogen-bond acceptors (Lipinski definition) is 5. The van der Waals surface area contributed by atoms with Gasteiger partial charge < -0.3 is 9.47 Å². The maximum atomic E-state index is 12.7. The van der Waals surface area contributed by atoms with Crippen molar-refractivity contribution >= 4 is 17.7 Å². The number of esters is 2. The summed E-state index contributed by atoms with van der Waals surface area (Å²) in [5, 5.41) is 0. The standard InChI is InChI=1S/C23H40O5/c1-7-9-12-18(24)13-10-11-14-22(6,19(25)27-8-2)17-23(15-16-23)20(26)28-21(3,4)5/h7-17H2,1-6H3. The second-order valence-corrected chi connectivity index (χ2v) is 9.59. The lowest BCUT2D eigenvalue weighted by atomic mass is 9.75. The average molecular weight is 397 g/mol. The van der Waals surface area contributed by atoms with Gasteiger partial charge >= 0.3 is 11.9 Å².